The average molecular weight is 241 g/mol. The van der Waals surface area contributed by atoms with Gasteiger partial charge in [-0.15, -0.1) is 6.42 Å². The number of hydrogen-bond donors (Lipinski definition) is 1. The van der Waals surface area contributed by atoms with Crippen LogP contribution in [0.5, 0.6) is 0 Å². The highest BCUT2D eigenvalue weighted by Crippen LogP contribution is 2.13. The molecule has 0 saturated carbocycles. The summed E-state index contributed by atoms with van der Waals surface area (Å²) in [6, 6.07) is 1.89. The molecule has 1 rings (SSSR count). The first kappa shape index (κ1) is 12.5. The number of hydrogen-bond acceptors (Lipinski definition) is 4. The fourth-order valence-corrected chi connectivity index (χ4v) is 2.20. The number of aldehydes is 1. The van der Waals surface area contributed by atoms with Gasteiger partial charge >= 0.3 is 0 Å². The van der Waals surface area contributed by atoms with Crippen LogP contribution in [0.2, 0.25) is 0 Å². The highest BCUT2D eigenvalue weighted by atomic mass is 32.2. The maximum absolute atomic E-state index is 11.7. The molecule has 5 nitrogen and oxygen atoms in total. The third-order valence-electron chi connectivity index (χ3n) is 1.89. The van der Waals surface area contributed by atoms with Crippen LogP contribution < -0.4 is 4.72 Å². The summed E-state index contributed by atoms with van der Waals surface area (Å²) < 4.78 is 30.4. The minimum Gasteiger partial charge on any atom is -0.440 e. The summed E-state index contributed by atoms with van der Waals surface area (Å²) in [6.07, 6.45) is 6.03. The van der Waals surface area contributed by atoms with Crippen molar-refractivity contribution >= 4 is 16.3 Å². The molecule has 1 atom stereocenters. The van der Waals surface area contributed by atoms with Gasteiger partial charge in [-0.2, -0.15) is 4.72 Å². The molecule has 1 unspecified atom stereocenters. The van der Waals surface area contributed by atoms with E-state index in [1.807, 2.05) is 0 Å². The second-order valence-electron chi connectivity index (χ2n) is 3.02. The lowest BCUT2D eigenvalue weighted by Crippen LogP contribution is -2.32. The second-order valence-corrected chi connectivity index (χ2v) is 4.67. The molecule has 0 aliphatic heterocycles. The van der Waals surface area contributed by atoms with Crippen LogP contribution in [0.15, 0.2) is 21.6 Å². The molecular formula is C10H11NO4S. The van der Waals surface area contributed by atoms with Gasteiger partial charge in [-0.05, 0) is 18.6 Å². The first-order chi connectivity index (χ1) is 7.53. The van der Waals surface area contributed by atoms with Crippen molar-refractivity contribution in [1.29, 1.82) is 0 Å². The fourth-order valence-electron chi connectivity index (χ4n) is 1.02. The van der Waals surface area contributed by atoms with Crippen molar-refractivity contribution in [3.05, 3.63) is 17.9 Å². The molecule has 0 radical (unpaired) electrons. The molecule has 0 saturated heterocycles. The van der Waals surface area contributed by atoms with Crippen molar-refractivity contribution in [1.82, 2.24) is 4.72 Å². The Morgan fingerprint density at radius 3 is 2.75 bits per heavy atom. The molecule has 0 aromatic carbocycles. The fraction of sp³-hybridized carbons (Fsp3) is 0.300. The number of sulfonamides is 1. The third kappa shape index (κ3) is 2.72. The summed E-state index contributed by atoms with van der Waals surface area (Å²) in [5.74, 6) is 2.25. The lowest BCUT2D eigenvalue weighted by Gasteiger charge is -2.08. The lowest BCUT2D eigenvalue weighted by atomic mass is 10.3. The van der Waals surface area contributed by atoms with E-state index in [1.54, 1.807) is 6.92 Å². The van der Waals surface area contributed by atoms with Gasteiger partial charge in [0, 0.05) is 0 Å². The smallest absolute Gasteiger partial charge is 0.275 e. The Morgan fingerprint density at radius 1 is 1.62 bits per heavy atom. The van der Waals surface area contributed by atoms with Crippen LogP contribution in [0, 0.1) is 12.3 Å². The van der Waals surface area contributed by atoms with Crippen LogP contribution in [-0.4, -0.2) is 20.7 Å². The highest BCUT2D eigenvalue weighted by Gasteiger charge is 2.21. The molecule has 0 aliphatic rings. The third-order valence-corrected chi connectivity index (χ3v) is 3.23. The van der Waals surface area contributed by atoms with Gasteiger partial charge in [-0.25, -0.2) is 8.42 Å². The van der Waals surface area contributed by atoms with Crippen molar-refractivity contribution in [3.63, 3.8) is 0 Å². The quantitative estimate of drug-likeness (QED) is 0.610. The SMILES string of the molecule is C#CC(CC)NS(=O)(=O)c1ccc(C=O)o1. The topological polar surface area (TPSA) is 76.4 Å². The van der Waals surface area contributed by atoms with E-state index < -0.39 is 16.1 Å². The van der Waals surface area contributed by atoms with E-state index in [9.17, 15) is 13.2 Å². The molecule has 1 aromatic rings. The Labute approximate surface area is 93.9 Å². The van der Waals surface area contributed by atoms with Crippen LogP contribution in [0.1, 0.15) is 23.9 Å². The van der Waals surface area contributed by atoms with Gasteiger partial charge in [-0.3, -0.25) is 4.79 Å². The zero-order chi connectivity index (χ0) is 12.2. The number of nitrogens with one attached hydrogen (secondary N) is 1. The van der Waals surface area contributed by atoms with Gasteiger partial charge in [0.1, 0.15) is 0 Å². The molecule has 1 N–H and O–H groups in total. The van der Waals surface area contributed by atoms with Crippen LogP contribution in [0.4, 0.5) is 0 Å². The Hall–Kier alpha value is -1.58. The number of carbonyl (C=O) groups is 1. The predicted molar refractivity (Wildman–Crippen MR) is 57.3 cm³/mol. The highest BCUT2D eigenvalue weighted by molar-refractivity contribution is 7.89. The van der Waals surface area contributed by atoms with Crippen LogP contribution >= 0.6 is 0 Å². The maximum Gasteiger partial charge on any atom is 0.275 e. The molecule has 86 valence electrons. The Bertz CT molecular complexity index is 509. The molecule has 6 heteroatoms. The molecule has 1 heterocycles. The van der Waals surface area contributed by atoms with Gasteiger partial charge in [0.2, 0.25) is 5.09 Å². The summed E-state index contributed by atoms with van der Waals surface area (Å²) in [7, 11) is -3.79. The largest absolute Gasteiger partial charge is 0.440 e. The van der Waals surface area contributed by atoms with E-state index in [0.717, 1.165) is 0 Å². The van der Waals surface area contributed by atoms with Gasteiger partial charge < -0.3 is 4.42 Å². The van der Waals surface area contributed by atoms with Crippen LogP contribution in [0.3, 0.4) is 0 Å². The van der Waals surface area contributed by atoms with Crippen molar-refractivity contribution < 1.29 is 17.6 Å². The van der Waals surface area contributed by atoms with Crippen molar-refractivity contribution in [3.8, 4) is 12.3 Å². The Kier molecular flexibility index (Phi) is 3.88. The van der Waals surface area contributed by atoms with E-state index in [4.69, 9.17) is 10.8 Å². The minimum absolute atomic E-state index is 0.0471. The molecule has 0 amide bonds. The summed E-state index contributed by atoms with van der Waals surface area (Å²) in [5, 5.41) is -0.316. The van der Waals surface area contributed by atoms with Gasteiger partial charge in [0.25, 0.3) is 10.0 Å². The molecule has 1 aromatic heterocycles. The zero-order valence-corrected chi connectivity index (χ0v) is 9.45. The van der Waals surface area contributed by atoms with E-state index in [2.05, 4.69) is 10.6 Å². The number of terminal acetylenes is 1. The standard InChI is InChI=1S/C10H11NO4S/c1-3-8(4-2)11-16(13,14)10-6-5-9(7-12)15-10/h1,5-8,11H,4H2,2H3. The molecule has 0 bridgehead atoms. The van der Waals surface area contributed by atoms with Crippen molar-refractivity contribution in [2.75, 3.05) is 0 Å². The first-order valence-corrected chi connectivity index (χ1v) is 6.05. The zero-order valence-electron chi connectivity index (χ0n) is 8.64. The van der Waals surface area contributed by atoms with E-state index >= 15 is 0 Å². The summed E-state index contributed by atoms with van der Waals surface area (Å²) >= 11 is 0. The number of rotatable bonds is 5. The van der Waals surface area contributed by atoms with Gasteiger partial charge in [0.15, 0.2) is 12.0 Å². The molecule has 0 spiro atoms. The summed E-state index contributed by atoms with van der Waals surface area (Å²) in [4.78, 5) is 10.3. The van der Waals surface area contributed by atoms with E-state index in [-0.39, 0.29) is 10.9 Å². The Balaban J connectivity index is 2.94. The van der Waals surface area contributed by atoms with E-state index in [1.165, 1.54) is 12.1 Å². The van der Waals surface area contributed by atoms with Gasteiger partial charge in [0.05, 0.1) is 6.04 Å². The monoisotopic (exact) mass is 241 g/mol. The Morgan fingerprint density at radius 2 is 2.31 bits per heavy atom. The predicted octanol–water partition coefficient (Wildman–Crippen LogP) is 0.782. The lowest BCUT2D eigenvalue weighted by molar-refractivity contribution is 0.109. The minimum atomic E-state index is -3.79. The summed E-state index contributed by atoms with van der Waals surface area (Å²) in [5.41, 5.74) is 0. The van der Waals surface area contributed by atoms with E-state index in [0.29, 0.717) is 12.7 Å². The van der Waals surface area contributed by atoms with Gasteiger partial charge in [-0.1, -0.05) is 12.8 Å². The van der Waals surface area contributed by atoms with Crippen molar-refractivity contribution in [2.45, 2.75) is 24.5 Å². The first-order valence-electron chi connectivity index (χ1n) is 4.57. The summed E-state index contributed by atoms with van der Waals surface area (Å²) in [6.45, 7) is 1.76. The van der Waals surface area contributed by atoms with Crippen molar-refractivity contribution in [2.24, 2.45) is 0 Å². The maximum atomic E-state index is 11.7. The molecule has 0 aliphatic carbocycles. The number of furan rings is 1. The number of carbonyl (C=O) groups excluding carboxylic acids is 1. The molecular weight excluding hydrogens is 230 g/mol. The second kappa shape index (κ2) is 4.96. The molecule has 0 fully saturated rings. The van der Waals surface area contributed by atoms with Crippen LogP contribution in [-0.2, 0) is 10.0 Å². The van der Waals surface area contributed by atoms with Crippen LogP contribution in [0.25, 0.3) is 0 Å². The average Bonchev–Trinajstić information content (AvgIpc) is 2.75. The normalized spacial score (nSPS) is 13.0. The molecule has 16 heavy (non-hydrogen) atoms.